The minimum absolute atomic E-state index is 0.00534. The number of hydrogen-bond acceptors (Lipinski definition) is 4. The number of ether oxygens (including phenoxy) is 2. The van der Waals surface area contributed by atoms with E-state index in [0.29, 0.717) is 6.61 Å². The molecule has 0 radical (unpaired) electrons. The number of primary amides is 1. The molecule has 0 bridgehead atoms. The lowest BCUT2D eigenvalue weighted by Gasteiger charge is -2.30. The van der Waals surface area contributed by atoms with Crippen LogP contribution in [0.4, 0.5) is 0 Å². The van der Waals surface area contributed by atoms with Crippen LogP contribution >= 0.6 is 0 Å². The van der Waals surface area contributed by atoms with E-state index < -0.39 is 5.91 Å². The number of likely N-dealkylation sites (tertiary alicyclic amines) is 1. The van der Waals surface area contributed by atoms with E-state index in [4.69, 9.17) is 15.2 Å². The average Bonchev–Trinajstić information content (AvgIpc) is 2.74. The maximum absolute atomic E-state index is 10.7. The van der Waals surface area contributed by atoms with Crippen LogP contribution in [-0.2, 0) is 9.53 Å². The van der Waals surface area contributed by atoms with Gasteiger partial charge in [-0.25, -0.2) is 0 Å². The van der Waals surface area contributed by atoms with Gasteiger partial charge in [-0.05, 0) is 41.7 Å². The highest BCUT2D eigenvalue weighted by molar-refractivity contribution is 5.82. The molecule has 2 aromatic carbocycles. The van der Waals surface area contributed by atoms with Crippen LogP contribution in [0.15, 0.2) is 60.2 Å². The van der Waals surface area contributed by atoms with Gasteiger partial charge in [-0.1, -0.05) is 48.0 Å². The van der Waals surface area contributed by atoms with Crippen molar-refractivity contribution in [1.82, 2.24) is 4.90 Å². The predicted molar refractivity (Wildman–Crippen MR) is 111 cm³/mol. The molecular formula is C23H28N2O3. The summed E-state index contributed by atoms with van der Waals surface area (Å²) in [5, 5.41) is 0. The van der Waals surface area contributed by atoms with E-state index in [-0.39, 0.29) is 6.61 Å². The van der Waals surface area contributed by atoms with Crippen LogP contribution in [0, 0.1) is 0 Å². The maximum Gasteiger partial charge on any atom is 0.243 e. The molecule has 0 saturated carbocycles. The van der Waals surface area contributed by atoms with Crippen molar-refractivity contribution in [2.24, 2.45) is 5.73 Å². The molecule has 1 aliphatic heterocycles. The molecule has 148 valence electrons. The summed E-state index contributed by atoms with van der Waals surface area (Å²) in [6, 6.07) is 18.9. The summed E-state index contributed by atoms with van der Waals surface area (Å²) in [6.07, 6.45) is 2.04. The van der Waals surface area contributed by atoms with Crippen LogP contribution in [-0.4, -0.2) is 50.8 Å². The highest BCUT2D eigenvalue weighted by atomic mass is 16.5. The fourth-order valence-corrected chi connectivity index (χ4v) is 3.60. The molecule has 1 fully saturated rings. The van der Waals surface area contributed by atoms with Gasteiger partial charge in [-0.15, -0.1) is 0 Å². The molecule has 0 unspecified atom stereocenters. The van der Waals surface area contributed by atoms with Crippen LogP contribution in [0.3, 0.4) is 0 Å². The Morgan fingerprint density at radius 3 is 2.25 bits per heavy atom. The minimum Gasteiger partial charge on any atom is -0.497 e. The van der Waals surface area contributed by atoms with E-state index >= 15 is 0 Å². The zero-order chi connectivity index (χ0) is 19.8. The van der Waals surface area contributed by atoms with Gasteiger partial charge in [0.15, 0.2) is 0 Å². The highest BCUT2D eigenvalue weighted by Gasteiger charge is 2.19. The normalized spacial score (nSPS) is 14.7. The first-order valence-corrected chi connectivity index (χ1v) is 9.67. The van der Waals surface area contributed by atoms with Crippen molar-refractivity contribution in [2.75, 3.05) is 40.0 Å². The fraction of sp³-hybridized carbons (Fsp3) is 0.348. The van der Waals surface area contributed by atoms with E-state index in [1.165, 1.54) is 22.3 Å². The van der Waals surface area contributed by atoms with E-state index in [1.807, 2.05) is 12.1 Å². The van der Waals surface area contributed by atoms with Crippen LogP contribution in [0.5, 0.6) is 5.75 Å². The number of nitrogens with zero attached hydrogens (tertiary/aromatic N) is 1. The SMILES string of the molecule is COc1ccc(C(=C2CCN(CCOCC(N)=O)CC2)c2ccccc2)cc1. The third-order valence-electron chi connectivity index (χ3n) is 5.05. The molecule has 3 rings (SSSR count). The number of carbonyl (C=O) groups excluding carboxylic acids is 1. The van der Waals surface area contributed by atoms with Gasteiger partial charge in [0.2, 0.25) is 5.91 Å². The number of rotatable bonds is 8. The Balaban J connectivity index is 1.73. The van der Waals surface area contributed by atoms with Gasteiger partial charge in [-0.3, -0.25) is 4.79 Å². The first-order valence-electron chi connectivity index (χ1n) is 9.67. The second-order valence-corrected chi connectivity index (χ2v) is 6.93. The lowest BCUT2D eigenvalue weighted by atomic mass is 9.88. The molecule has 5 nitrogen and oxygen atoms in total. The second-order valence-electron chi connectivity index (χ2n) is 6.93. The third-order valence-corrected chi connectivity index (χ3v) is 5.05. The first kappa shape index (κ1) is 20.1. The van der Waals surface area contributed by atoms with Crippen molar-refractivity contribution in [3.05, 3.63) is 71.3 Å². The van der Waals surface area contributed by atoms with Crippen molar-refractivity contribution in [3.63, 3.8) is 0 Å². The number of benzene rings is 2. The molecule has 1 saturated heterocycles. The molecule has 1 aliphatic rings. The molecule has 0 spiro atoms. The first-order chi connectivity index (χ1) is 13.7. The van der Waals surface area contributed by atoms with Gasteiger partial charge in [0, 0.05) is 19.6 Å². The van der Waals surface area contributed by atoms with Crippen LogP contribution in [0.2, 0.25) is 0 Å². The molecule has 0 aliphatic carbocycles. The second kappa shape index (κ2) is 10.1. The summed E-state index contributed by atoms with van der Waals surface area (Å²) in [5.74, 6) is 0.447. The Labute approximate surface area is 166 Å². The average molecular weight is 380 g/mol. The summed E-state index contributed by atoms with van der Waals surface area (Å²) >= 11 is 0. The number of hydrogen-bond donors (Lipinski definition) is 1. The summed E-state index contributed by atoms with van der Waals surface area (Å²) < 4.78 is 10.6. The third kappa shape index (κ3) is 5.44. The Bertz CT molecular complexity index is 790. The highest BCUT2D eigenvalue weighted by Crippen LogP contribution is 2.33. The van der Waals surface area contributed by atoms with Crippen molar-refractivity contribution < 1.29 is 14.3 Å². The zero-order valence-electron chi connectivity index (χ0n) is 16.4. The predicted octanol–water partition coefficient (Wildman–Crippen LogP) is 3.09. The van der Waals surface area contributed by atoms with Gasteiger partial charge >= 0.3 is 0 Å². The largest absolute Gasteiger partial charge is 0.497 e. The van der Waals surface area contributed by atoms with E-state index in [2.05, 4.69) is 47.4 Å². The van der Waals surface area contributed by atoms with Gasteiger partial charge in [0.05, 0.1) is 13.7 Å². The summed E-state index contributed by atoms with van der Waals surface area (Å²) in [4.78, 5) is 13.1. The number of methoxy groups -OCH3 is 1. The Kier molecular flexibility index (Phi) is 7.23. The van der Waals surface area contributed by atoms with E-state index in [0.717, 1.165) is 38.2 Å². The summed E-state index contributed by atoms with van der Waals surface area (Å²) in [7, 11) is 1.69. The van der Waals surface area contributed by atoms with Gasteiger partial charge < -0.3 is 20.1 Å². The van der Waals surface area contributed by atoms with Crippen molar-refractivity contribution in [1.29, 1.82) is 0 Å². The molecule has 1 heterocycles. The minimum atomic E-state index is -0.421. The Morgan fingerprint density at radius 2 is 1.64 bits per heavy atom. The summed E-state index contributed by atoms with van der Waals surface area (Å²) in [6.45, 7) is 3.33. The molecule has 0 aromatic heterocycles. The lowest BCUT2D eigenvalue weighted by molar-refractivity contribution is -0.122. The smallest absolute Gasteiger partial charge is 0.243 e. The Morgan fingerprint density at radius 1 is 1.00 bits per heavy atom. The maximum atomic E-state index is 10.7. The number of piperidine rings is 1. The number of nitrogens with two attached hydrogens (primary N) is 1. The van der Waals surface area contributed by atoms with Crippen LogP contribution < -0.4 is 10.5 Å². The topological polar surface area (TPSA) is 64.8 Å². The Hall–Kier alpha value is -2.63. The van der Waals surface area contributed by atoms with Gasteiger partial charge in [-0.2, -0.15) is 0 Å². The molecule has 5 heteroatoms. The van der Waals surface area contributed by atoms with E-state index in [1.54, 1.807) is 7.11 Å². The van der Waals surface area contributed by atoms with Crippen molar-refractivity contribution >= 4 is 11.5 Å². The van der Waals surface area contributed by atoms with Crippen molar-refractivity contribution in [2.45, 2.75) is 12.8 Å². The standard InChI is InChI=1S/C23H28N2O3/c1-27-21-9-7-19(8-10-21)23(18-5-3-2-4-6-18)20-11-13-25(14-12-20)15-16-28-17-22(24)26/h2-10H,11-17H2,1H3,(H2,24,26). The monoisotopic (exact) mass is 380 g/mol. The number of amides is 1. The number of carbonyl (C=O) groups is 1. The van der Waals surface area contributed by atoms with Gasteiger partial charge in [0.1, 0.15) is 12.4 Å². The lowest BCUT2D eigenvalue weighted by Crippen LogP contribution is -2.34. The van der Waals surface area contributed by atoms with Crippen LogP contribution in [0.25, 0.3) is 5.57 Å². The van der Waals surface area contributed by atoms with Crippen molar-refractivity contribution in [3.8, 4) is 5.75 Å². The molecule has 0 atom stereocenters. The fourth-order valence-electron chi connectivity index (χ4n) is 3.60. The zero-order valence-corrected chi connectivity index (χ0v) is 16.4. The molecular weight excluding hydrogens is 352 g/mol. The molecule has 28 heavy (non-hydrogen) atoms. The molecule has 2 N–H and O–H groups in total. The summed E-state index contributed by atoms with van der Waals surface area (Å²) in [5.41, 5.74) is 10.4. The van der Waals surface area contributed by atoms with Crippen LogP contribution in [0.1, 0.15) is 24.0 Å². The quantitative estimate of drug-likeness (QED) is 0.715. The van der Waals surface area contributed by atoms with E-state index in [9.17, 15) is 4.79 Å². The molecule has 2 aromatic rings. The van der Waals surface area contributed by atoms with Gasteiger partial charge in [0.25, 0.3) is 0 Å². The molecule has 1 amide bonds.